The van der Waals surface area contributed by atoms with E-state index in [9.17, 15) is 4.79 Å². The molecule has 0 bridgehead atoms. The topological polar surface area (TPSA) is 83.8 Å². The van der Waals surface area contributed by atoms with Crippen LogP contribution in [0.3, 0.4) is 0 Å². The second kappa shape index (κ2) is 6.93. The van der Waals surface area contributed by atoms with E-state index in [0.29, 0.717) is 18.8 Å². The summed E-state index contributed by atoms with van der Waals surface area (Å²) in [5.74, 6) is 0.716. The van der Waals surface area contributed by atoms with Crippen molar-refractivity contribution in [3.05, 3.63) is 32.1 Å². The number of nitrogens with two attached hydrogens (primary N) is 1. The first-order valence-corrected chi connectivity index (χ1v) is 9.09. The fourth-order valence-corrected chi connectivity index (χ4v) is 4.38. The number of nitrogens with one attached hydrogen (secondary N) is 2. The molecule has 0 radical (unpaired) electrons. The molecule has 5 nitrogen and oxygen atoms in total. The number of anilines is 1. The van der Waals surface area contributed by atoms with Crippen molar-refractivity contribution in [3.8, 4) is 0 Å². The van der Waals surface area contributed by atoms with Crippen molar-refractivity contribution in [3.63, 3.8) is 0 Å². The molecule has 3 rings (SSSR count). The smallest absolute Gasteiger partial charge is 0.226 e. The predicted molar refractivity (Wildman–Crippen MR) is 92.3 cm³/mol. The number of rotatable bonds is 5. The molecule has 22 heavy (non-hydrogen) atoms. The Balaban J connectivity index is 1.65. The molecule has 1 atom stereocenters. The number of H-pyrrole nitrogens is 1. The molecule has 1 amide bonds. The number of amides is 1. The van der Waals surface area contributed by atoms with Crippen LogP contribution in [0.15, 0.2) is 15.9 Å². The molecule has 0 aliphatic heterocycles. The highest BCUT2D eigenvalue weighted by Gasteiger charge is 2.21. The number of halogens is 1. The van der Waals surface area contributed by atoms with Gasteiger partial charge in [-0.15, -0.1) is 11.3 Å². The lowest BCUT2D eigenvalue weighted by atomic mass is 9.97. The van der Waals surface area contributed by atoms with E-state index in [0.717, 1.165) is 27.9 Å². The minimum atomic E-state index is -0.0279. The van der Waals surface area contributed by atoms with Gasteiger partial charge in [0.05, 0.1) is 3.79 Å². The lowest BCUT2D eigenvalue weighted by Gasteiger charge is -2.14. The summed E-state index contributed by atoms with van der Waals surface area (Å²) < 4.78 is 1.06. The molecule has 2 heterocycles. The minimum absolute atomic E-state index is 0.0279. The number of fused-ring (bicyclic) bond motifs is 1. The van der Waals surface area contributed by atoms with Gasteiger partial charge in [-0.25, -0.2) is 0 Å². The third kappa shape index (κ3) is 3.42. The van der Waals surface area contributed by atoms with Crippen LogP contribution in [-0.4, -0.2) is 22.6 Å². The van der Waals surface area contributed by atoms with E-state index in [1.807, 2.05) is 12.1 Å². The molecule has 0 saturated carbocycles. The van der Waals surface area contributed by atoms with Gasteiger partial charge in [0.1, 0.15) is 0 Å². The number of carbonyl (C=O) groups excluding carboxylic acids is 1. The summed E-state index contributed by atoms with van der Waals surface area (Å²) in [7, 11) is 0. The molecule has 1 unspecified atom stereocenters. The fraction of sp³-hybridized carbons (Fsp3) is 0.467. The van der Waals surface area contributed by atoms with Crippen LogP contribution in [0.2, 0.25) is 0 Å². The summed E-state index contributed by atoms with van der Waals surface area (Å²) in [5.41, 5.74) is 8.17. The number of aryl methyl sites for hydroxylation is 1. The second-order valence-corrected chi connectivity index (χ2v) is 8.06. The lowest BCUT2D eigenvalue weighted by Crippen LogP contribution is -2.21. The van der Waals surface area contributed by atoms with Crippen molar-refractivity contribution in [1.29, 1.82) is 0 Å². The van der Waals surface area contributed by atoms with Crippen molar-refractivity contribution in [2.75, 3.05) is 11.9 Å². The molecule has 1 aliphatic rings. The highest BCUT2D eigenvalue weighted by Crippen LogP contribution is 2.31. The molecule has 4 N–H and O–H groups in total. The Labute approximate surface area is 141 Å². The molecule has 2 aromatic heterocycles. The number of carbonyl (C=O) groups is 1. The van der Waals surface area contributed by atoms with Crippen LogP contribution in [0.1, 0.15) is 41.3 Å². The Morgan fingerprint density at radius 2 is 2.27 bits per heavy atom. The maximum Gasteiger partial charge on any atom is 0.226 e. The zero-order valence-electron chi connectivity index (χ0n) is 12.2. The van der Waals surface area contributed by atoms with Crippen LogP contribution >= 0.6 is 27.3 Å². The number of hydrogen-bond acceptors (Lipinski definition) is 4. The van der Waals surface area contributed by atoms with Crippen LogP contribution < -0.4 is 11.1 Å². The zero-order valence-corrected chi connectivity index (χ0v) is 14.6. The number of aromatic amines is 1. The van der Waals surface area contributed by atoms with Crippen molar-refractivity contribution in [1.82, 2.24) is 10.2 Å². The summed E-state index contributed by atoms with van der Waals surface area (Å²) in [6, 6.07) is 4.01. The van der Waals surface area contributed by atoms with Gasteiger partial charge in [-0.3, -0.25) is 9.89 Å². The number of aromatic nitrogens is 2. The van der Waals surface area contributed by atoms with E-state index in [1.165, 1.54) is 17.7 Å². The molecule has 2 aromatic rings. The average molecular weight is 383 g/mol. The molecule has 118 valence electrons. The number of hydrogen-bond donors (Lipinski definition) is 3. The van der Waals surface area contributed by atoms with Gasteiger partial charge in [0.2, 0.25) is 5.91 Å². The van der Waals surface area contributed by atoms with E-state index >= 15 is 0 Å². The monoisotopic (exact) mass is 382 g/mol. The minimum Gasteiger partial charge on any atom is -0.330 e. The normalized spacial score (nSPS) is 15.4. The number of nitrogens with zero attached hydrogens (tertiary/aromatic N) is 1. The largest absolute Gasteiger partial charge is 0.330 e. The first kappa shape index (κ1) is 15.7. The standard InChI is InChI=1S/C15H19BrN4OS/c16-13-6-5-12(22-13)9(8-17)7-14(21)18-15-10-3-1-2-4-11(10)19-20-15/h5-6,9H,1-4,7-8,17H2,(H2,18,19,20,21). The molecule has 7 heteroatoms. The van der Waals surface area contributed by atoms with E-state index in [2.05, 4.69) is 31.4 Å². The summed E-state index contributed by atoms with van der Waals surface area (Å²) in [6.07, 6.45) is 4.73. The zero-order chi connectivity index (χ0) is 15.5. The summed E-state index contributed by atoms with van der Waals surface area (Å²) in [5, 5.41) is 10.2. The molecule has 0 spiro atoms. The Morgan fingerprint density at radius 1 is 1.45 bits per heavy atom. The maximum absolute atomic E-state index is 12.3. The molecule has 0 saturated heterocycles. The maximum atomic E-state index is 12.3. The van der Waals surface area contributed by atoms with E-state index in [-0.39, 0.29) is 11.8 Å². The Kier molecular flexibility index (Phi) is 4.95. The average Bonchev–Trinajstić information content (AvgIpc) is 3.12. The highest BCUT2D eigenvalue weighted by atomic mass is 79.9. The third-order valence-electron chi connectivity index (χ3n) is 4.03. The van der Waals surface area contributed by atoms with Gasteiger partial charge in [-0.05, 0) is 53.7 Å². The summed E-state index contributed by atoms with van der Waals surface area (Å²) >= 11 is 5.08. The molecular weight excluding hydrogens is 364 g/mol. The van der Waals surface area contributed by atoms with Crippen molar-refractivity contribution in [2.45, 2.75) is 38.0 Å². The molecule has 0 aromatic carbocycles. The predicted octanol–water partition coefficient (Wildman–Crippen LogP) is 3.18. The van der Waals surface area contributed by atoms with Gasteiger partial charge < -0.3 is 11.1 Å². The van der Waals surface area contributed by atoms with Gasteiger partial charge in [0.15, 0.2) is 5.82 Å². The van der Waals surface area contributed by atoms with Crippen LogP contribution in [-0.2, 0) is 17.6 Å². The van der Waals surface area contributed by atoms with Crippen LogP contribution in [0.5, 0.6) is 0 Å². The molecule has 0 fully saturated rings. The van der Waals surface area contributed by atoms with Crippen molar-refractivity contribution < 1.29 is 4.79 Å². The quantitative estimate of drug-likeness (QED) is 0.742. The van der Waals surface area contributed by atoms with E-state index in [1.54, 1.807) is 11.3 Å². The van der Waals surface area contributed by atoms with Crippen molar-refractivity contribution in [2.24, 2.45) is 5.73 Å². The molecule has 1 aliphatic carbocycles. The SMILES string of the molecule is NCC(CC(=O)Nc1n[nH]c2c1CCCC2)c1ccc(Br)s1. The first-order valence-electron chi connectivity index (χ1n) is 7.48. The highest BCUT2D eigenvalue weighted by molar-refractivity contribution is 9.11. The van der Waals surface area contributed by atoms with E-state index in [4.69, 9.17) is 5.73 Å². The van der Waals surface area contributed by atoms with Gasteiger partial charge >= 0.3 is 0 Å². The Hall–Kier alpha value is -1.18. The van der Waals surface area contributed by atoms with Crippen molar-refractivity contribution >= 4 is 39.0 Å². The summed E-state index contributed by atoms with van der Waals surface area (Å²) in [6.45, 7) is 0.457. The van der Waals surface area contributed by atoms with Gasteiger partial charge in [0.25, 0.3) is 0 Å². The number of thiophene rings is 1. The van der Waals surface area contributed by atoms with Crippen LogP contribution in [0.4, 0.5) is 5.82 Å². The van der Waals surface area contributed by atoms with Gasteiger partial charge in [-0.2, -0.15) is 5.10 Å². The Bertz CT molecular complexity index is 666. The van der Waals surface area contributed by atoms with Gasteiger partial charge in [0, 0.05) is 35.0 Å². The van der Waals surface area contributed by atoms with Gasteiger partial charge in [-0.1, -0.05) is 0 Å². The fourth-order valence-electron chi connectivity index (χ4n) is 2.84. The van der Waals surface area contributed by atoms with E-state index < -0.39 is 0 Å². The first-order chi connectivity index (χ1) is 10.7. The lowest BCUT2D eigenvalue weighted by molar-refractivity contribution is -0.116. The molecular formula is C15H19BrN4OS. The van der Waals surface area contributed by atoms with Crippen LogP contribution in [0, 0.1) is 0 Å². The summed E-state index contributed by atoms with van der Waals surface area (Å²) in [4.78, 5) is 13.5. The second-order valence-electron chi connectivity index (χ2n) is 5.56. The van der Waals surface area contributed by atoms with Crippen LogP contribution in [0.25, 0.3) is 0 Å². The Morgan fingerprint density at radius 3 is 3.00 bits per heavy atom. The third-order valence-corrected chi connectivity index (χ3v) is 5.81.